The van der Waals surface area contributed by atoms with Gasteiger partial charge >= 0.3 is 0 Å². The van der Waals surface area contributed by atoms with Crippen molar-refractivity contribution in [3.63, 3.8) is 0 Å². The van der Waals surface area contributed by atoms with Crippen molar-refractivity contribution in [2.24, 2.45) is 0 Å². The molecule has 0 radical (unpaired) electrons. The van der Waals surface area contributed by atoms with Crippen molar-refractivity contribution in [3.05, 3.63) is 42.0 Å². The zero-order chi connectivity index (χ0) is 14.9. The highest BCUT2D eigenvalue weighted by atomic mass is 16.6. The monoisotopic (exact) mass is 286 g/mol. The van der Waals surface area contributed by atoms with Gasteiger partial charge in [0.15, 0.2) is 0 Å². The van der Waals surface area contributed by atoms with Crippen molar-refractivity contribution in [3.8, 4) is 5.75 Å². The Balaban J connectivity index is 1.78. The molecule has 1 heterocycles. The smallest absolute Gasteiger partial charge is 0.125 e. The Bertz CT molecular complexity index is 633. The number of aliphatic hydroxyl groups excluding tert-OH is 1. The number of ether oxygens (including phenoxy) is 2. The molecule has 2 aromatic carbocycles. The average molecular weight is 286 g/mol. The number of rotatable bonds is 4. The molecule has 3 rings (SSSR count). The maximum atomic E-state index is 9.68. The molecule has 0 saturated carbocycles. The van der Waals surface area contributed by atoms with Crippen LogP contribution in [-0.2, 0) is 11.3 Å². The van der Waals surface area contributed by atoms with Gasteiger partial charge < -0.3 is 14.6 Å². The first-order valence-corrected chi connectivity index (χ1v) is 7.51. The summed E-state index contributed by atoms with van der Waals surface area (Å²) >= 11 is 0. The number of fused-ring (bicyclic) bond motifs is 1. The van der Waals surface area contributed by atoms with Crippen molar-refractivity contribution in [2.45, 2.75) is 45.0 Å². The molecule has 3 nitrogen and oxygen atoms in total. The van der Waals surface area contributed by atoms with Gasteiger partial charge in [0.2, 0.25) is 0 Å². The quantitative estimate of drug-likeness (QED) is 0.932. The van der Waals surface area contributed by atoms with E-state index < -0.39 is 0 Å². The predicted octanol–water partition coefficient (Wildman–Crippen LogP) is 3.67. The summed E-state index contributed by atoms with van der Waals surface area (Å²) in [6, 6.07) is 12.0. The van der Waals surface area contributed by atoms with Gasteiger partial charge in [0.25, 0.3) is 0 Å². The number of hydrogen-bond acceptors (Lipinski definition) is 3. The lowest BCUT2D eigenvalue weighted by Gasteiger charge is -2.20. The third kappa shape index (κ3) is 3.04. The topological polar surface area (TPSA) is 38.7 Å². The normalized spacial score (nSPS) is 20.8. The first-order chi connectivity index (χ1) is 10.1. The summed E-state index contributed by atoms with van der Waals surface area (Å²) in [5, 5.41) is 11.8. The van der Waals surface area contributed by atoms with E-state index in [0.717, 1.165) is 34.9 Å². The van der Waals surface area contributed by atoms with Crippen LogP contribution >= 0.6 is 0 Å². The van der Waals surface area contributed by atoms with Gasteiger partial charge in [0.05, 0.1) is 18.3 Å². The van der Waals surface area contributed by atoms with Crippen molar-refractivity contribution >= 4 is 10.8 Å². The lowest BCUT2D eigenvalue weighted by Crippen LogP contribution is -2.24. The van der Waals surface area contributed by atoms with Crippen molar-refractivity contribution in [1.29, 1.82) is 0 Å². The first-order valence-electron chi connectivity index (χ1n) is 7.51. The van der Waals surface area contributed by atoms with Crippen molar-refractivity contribution < 1.29 is 14.6 Å². The van der Waals surface area contributed by atoms with Gasteiger partial charge in [0.1, 0.15) is 12.4 Å². The van der Waals surface area contributed by atoms with E-state index >= 15 is 0 Å². The lowest BCUT2D eigenvalue weighted by molar-refractivity contribution is -0.0328. The van der Waals surface area contributed by atoms with E-state index in [2.05, 4.69) is 13.8 Å². The summed E-state index contributed by atoms with van der Waals surface area (Å²) in [5.41, 5.74) is 0.808. The first kappa shape index (κ1) is 14.4. The maximum absolute atomic E-state index is 9.68. The molecule has 1 unspecified atom stereocenters. The van der Waals surface area contributed by atoms with E-state index in [1.54, 1.807) is 0 Å². The Labute approximate surface area is 125 Å². The summed E-state index contributed by atoms with van der Waals surface area (Å²) in [7, 11) is 0. The Hall–Kier alpha value is -1.58. The molecule has 1 atom stereocenters. The summed E-state index contributed by atoms with van der Waals surface area (Å²) < 4.78 is 11.9. The highest BCUT2D eigenvalue weighted by molar-refractivity contribution is 5.87. The Morgan fingerprint density at radius 2 is 2.05 bits per heavy atom. The van der Waals surface area contributed by atoms with Crippen LogP contribution in [0.4, 0.5) is 0 Å². The number of hydrogen-bond donors (Lipinski definition) is 1. The molecule has 1 aliphatic heterocycles. The minimum Gasteiger partial charge on any atom is -0.490 e. The van der Waals surface area contributed by atoms with Crippen LogP contribution in [0.3, 0.4) is 0 Å². The SMILES string of the molecule is CC1(C)CCC(COc2ccc3ccccc3c2CO)O1. The van der Waals surface area contributed by atoms with Gasteiger partial charge in [-0.2, -0.15) is 0 Å². The van der Waals surface area contributed by atoms with Crippen molar-refractivity contribution in [2.75, 3.05) is 6.61 Å². The number of aliphatic hydroxyl groups is 1. The van der Waals surface area contributed by atoms with Crippen LogP contribution < -0.4 is 4.74 Å². The Morgan fingerprint density at radius 3 is 2.76 bits per heavy atom. The summed E-state index contributed by atoms with van der Waals surface area (Å²) in [6.45, 7) is 4.74. The van der Waals surface area contributed by atoms with Crippen LogP contribution in [-0.4, -0.2) is 23.4 Å². The van der Waals surface area contributed by atoms with Crippen LogP contribution in [0.25, 0.3) is 10.8 Å². The summed E-state index contributed by atoms with van der Waals surface area (Å²) in [5.74, 6) is 0.754. The lowest BCUT2D eigenvalue weighted by atomic mass is 10.0. The molecular weight excluding hydrogens is 264 g/mol. The highest BCUT2D eigenvalue weighted by Gasteiger charge is 2.32. The fourth-order valence-corrected chi connectivity index (χ4v) is 2.99. The third-order valence-corrected chi connectivity index (χ3v) is 4.13. The van der Waals surface area contributed by atoms with Gasteiger partial charge in [-0.3, -0.25) is 0 Å². The second kappa shape index (κ2) is 5.66. The molecule has 1 saturated heterocycles. The zero-order valence-electron chi connectivity index (χ0n) is 12.6. The van der Waals surface area contributed by atoms with E-state index in [9.17, 15) is 5.11 Å². The summed E-state index contributed by atoms with van der Waals surface area (Å²) in [4.78, 5) is 0. The van der Waals surface area contributed by atoms with Gasteiger partial charge in [-0.25, -0.2) is 0 Å². The van der Waals surface area contributed by atoms with E-state index in [1.807, 2.05) is 36.4 Å². The minimum atomic E-state index is -0.0444. The standard InChI is InChI=1S/C18H22O3/c1-18(2)10-9-14(21-18)12-20-17-8-7-13-5-3-4-6-15(13)16(17)11-19/h3-8,14,19H,9-12H2,1-2H3. The van der Waals surface area contributed by atoms with Crippen LogP contribution in [0.1, 0.15) is 32.3 Å². The zero-order valence-corrected chi connectivity index (χ0v) is 12.6. The minimum absolute atomic E-state index is 0.0201. The van der Waals surface area contributed by atoms with Crippen LogP contribution in [0.5, 0.6) is 5.75 Å². The van der Waals surface area contributed by atoms with E-state index in [1.165, 1.54) is 0 Å². The van der Waals surface area contributed by atoms with E-state index in [4.69, 9.17) is 9.47 Å². The van der Waals surface area contributed by atoms with Crippen LogP contribution in [0.15, 0.2) is 36.4 Å². The van der Waals surface area contributed by atoms with Gasteiger partial charge in [-0.1, -0.05) is 30.3 Å². The fourth-order valence-electron chi connectivity index (χ4n) is 2.99. The van der Waals surface area contributed by atoms with Crippen LogP contribution in [0, 0.1) is 0 Å². The molecule has 2 aromatic rings. The molecule has 0 bridgehead atoms. The third-order valence-electron chi connectivity index (χ3n) is 4.13. The van der Waals surface area contributed by atoms with Crippen molar-refractivity contribution in [1.82, 2.24) is 0 Å². The van der Waals surface area contributed by atoms with E-state index in [-0.39, 0.29) is 18.3 Å². The Kier molecular flexibility index (Phi) is 3.87. The maximum Gasteiger partial charge on any atom is 0.125 e. The molecular formula is C18H22O3. The second-order valence-electron chi connectivity index (χ2n) is 6.27. The molecule has 112 valence electrons. The number of benzene rings is 2. The molecule has 3 heteroatoms. The predicted molar refractivity (Wildman–Crippen MR) is 83.6 cm³/mol. The van der Waals surface area contributed by atoms with Gasteiger partial charge in [-0.05, 0) is 43.5 Å². The molecule has 0 aliphatic carbocycles. The molecule has 1 aliphatic rings. The molecule has 0 spiro atoms. The second-order valence-corrected chi connectivity index (χ2v) is 6.27. The average Bonchev–Trinajstić information content (AvgIpc) is 2.83. The van der Waals surface area contributed by atoms with Gasteiger partial charge in [-0.15, -0.1) is 0 Å². The Morgan fingerprint density at radius 1 is 1.24 bits per heavy atom. The van der Waals surface area contributed by atoms with Gasteiger partial charge in [0, 0.05) is 5.56 Å². The molecule has 0 amide bonds. The molecule has 0 aromatic heterocycles. The highest BCUT2D eigenvalue weighted by Crippen LogP contribution is 2.32. The molecule has 21 heavy (non-hydrogen) atoms. The summed E-state index contributed by atoms with van der Waals surface area (Å²) in [6.07, 6.45) is 2.22. The fraction of sp³-hybridized carbons (Fsp3) is 0.444. The largest absolute Gasteiger partial charge is 0.490 e. The molecule has 1 N–H and O–H groups in total. The van der Waals surface area contributed by atoms with Crippen LogP contribution in [0.2, 0.25) is 0 Å². The van der Waals surface area contributed by atoms with E-state index in [0.29, 0.717) is 6.61 Å². The molecule has 1 fully saturated rings.